The average Bonchev–Trinajstić information content (AvgIpc) is 2.65. The number of hydrogen-bond acceptors (Lipinski definition) is 2. The summed E-state index contributed by atoms with van der Waals surface area (Å²) in [5, 5.41) is 0. The third kappa shape index (κ3) is 1.72. The molecule has 1 aliphatic carbocycles. The SMILES string of the molecule is Cc1nc2c(nc1-c1ccccc1)C(C)CC2C. The minimum atomic E-state index is 0.533. The first-order chi connectivity index (χ1) is 8.66. The number of benzene rings is 1. The molecule has 2 heteroatoms. The Morgan fingerprint density at radius 2 is 1.56 bits per heavy atom. The molecule has 3 rings (SSSR count). The van der Waals surface area contributed by atoms with Crippen LogP contribution in [0.5, 0.6) is 0 Å². The third-order valence-electron chi connectivity index (χ3n) is 3.81. The fourth-order valence-electron chi connectivity index (χ4n) is 2.90. The molecule has 2 atom stereocenters. The molecule has 18 heavy (non-hydrogen) atoms. The van der Waals surface area contributed by atoms with Gasteiger partial charge < -0.3 is 0 Å². The molecule has 0 fully saturated rings. The van der Waals surface area contributed by atoms with Gasteiger partial charge in [-0.15, -0.1) is 0 Å². The van der Waals surface area contributed by atoms with E-state index in [2.05, 4.69) is 45.0 Å². The van der Waals surface area contributed by atoms with Crippen molar-refractivity contribution < 1.29 is 0 Å². The molecule has 2 nitrogen and oxygen atoms in total. The fraction of sp³-hybridized carbons (Fsp3) is 0.375. The second-order valence-corrected chi connectivity index (χ2v) is 5.33. The van der Waals surface area contributed by atoms with Crippen molar-refractivity contribution in [3.05, 3.63) is 47.4 Å². The molecule has 0 spiro atoms. The van der Waals surface area contributed by atoms with Gasteiger partial charge in [0.05, 0.1) is 22.8 Å². The molecule has 2 unspecified atom stereocenters. The van der Waals surface area contributed by atoms with E-state index >= 15 is 0 Å². The van der Waals surface area contributed by atoms with Gasteiger partial charge in [-0.25, -0.2) is 4.98 Å². The Morgan fingerprint density at radius 1 is 0.944 bits per heavy atom. The van der Waals surface area contributed by atoms with E-state index in [-0.39, 0.29) is 0 Å². The topological polar surface area (TPSA) is 25.8 Å². The lowest BCUT2D eigenvalue weighted by molar-refractivity contribution is 0.650. The van der Waals surface area contributed by atoms with Crippen LogP contribution in [0, 0.1) is 6.92 Å². The summed E-state index contributed by atoms with van der Waals surface area (Å²) in [5.74, 6) is 1.08. The molecule has 0 saturated heterocycles. The van der Waals surface area contributed by atoms with Crippen LogP contribution in [0.25, 0.3) is 11.3 Å². The van der Waals surface area contributed by atoms with Crippen molar-refractivity contribution in [3.63, 3.8) is 0 Å². The number of rotatable bonds is 1. The van der Waals surface area contributed by atoms with Crippen molar-refractivity contribution in [2.24, 2.45) is 0 Å². The van der Waals surface area contributed by atoms with Gasteiger partial charge in [-0.1, -0.05) is 44.2 Å². The van der Waals surface area contributed by atoms with E-state index in [1.165, 1.54) is 17.8 Å². The summed E-state index contributed by atoms with van der Waals surface area (Å²) in [5.41, 5.74) is 5.65. The Morgan fingerprint density at radius 3 is 2.22 bits per heavy atom. The van der Waals surface area contributed by atoms with Gasteiger partial charge in [-0.05, 0) is 13.3 Å². The monoisotopic (exact) mass is 238 g/mol. The average molecular weight is 238 g/mol. The first-order valence-electron chi connectivity index (χ1n) is 6.60. The van der Waals surface area contributed by atoms with E-state index < -0.39 is 0 Å². The zero-order valence-corrected chi connectivity index (χ0v) is 11.1. The second-order valence-electron chi connectivity index (χ2n) is 5.33. The molecule has 0 saturated carbocycles. The minimum absolute atomic E-state index is 0.533. The Bertz CT molecular complexity index is 575. The molecular formula is C16H18N2. The van der Waals surface area contributed by atoms with Gasteiger partial charge in [0.25, 0.3) is 0 Å². The lowest BCUT2D eigenvalue weighted by atomic mass is 10.1. The van der Waals surface area contributed by atoms with Crippen molar-refractivity contribution in [2.45, 2.75) is 39.0 Å². The van der Waals surface area contributed by atoms with Crippen LogP contribution in [-0.2, 0) is 0 Å². The summed E-state index contributed by atoms with van der Waals surface area (Å²) in [7, 11) is 0. The van der Waals surface area contributed by atoms with Crippen molar-refractivity contribution in [2.75, 3.05) is 0 Å². The maximum absolute atomic E-state index is 4.89. The first kappa shape index (κ1) is 11.4. The highest BCUT2D eigenvalue weighted by Gasteiger charge is 2.29. The summed E-state index contributed by atoms with van der Waals surface area (Å²) >= 11 is 0. The second kappa shape index (κ2) is 4.20. The lowest BCUT2D eigenvalue weighted by Gasteiger charge is -2.10. The van der Waals surface area contributed by atoms with Gasteiger partial charge in [0.1, 0.15) is 0 Å². The van der Waals surface area contributed by atoms with E-state index in [4.69, 9.17) is 9.97 Å². The molecule has 0 N–H and O–H groups in total. The van der Waals surface area contributed by atoms with Crippen LogP contribution in [0.4, 0.5) is 0 Å². The van der Waals surface area contributed by atoms with E-state index in [9.17, 15) is 0 Å². The zero-order valence-electron chi connectivity index (χ0n) is 11.1. The number of fused-ring (bicyclic) bond motifs is 1. The van der Waals surface area contributed by atoms with Crippen LogP contribution in [-0.4, -0.2) is 9.97 Å². The molecule has 0 amide bonds. The Kier molecular flexibility index (Phi) is 2.66. The molecule has 1 aromatic carbocycles. The summed E-state index contributed by atoms with van der Waals surface area (Å²) in [6, 6.07) is 10.3. The van der Waals surface area contributed by atoms with Crippen molar-refractivity contribution in [1.82, 2.24) is 9.97 Å². The summed E-state index contributed by atoms with van der Waals surface area (Å²) in [6.45, 7) is 6.56. The smallest absolute Gasteiger partial charge is 0.0918 e. The van der Waals surface area contributed by atoms with Crippen molar-refractivity contribution in [1.29, 1.82) is 0 Å². The maximum Gasteiger partial charge on any atom is 0.0918 e. The predicted octanol–water partition coefficient (Wildman–Crippen LogP) is 4.06. The van der Waals surface area contributed by atoms with Gasteiger partial charge in [-0.3, -0.25) is 4.98 Å². The Hall–Kier alpha value is -1.70. The molecule has 0 bridgehead atoms. The highest BCUT2D eigenvalue weighted by Crippen LogP contribution is 2.40. The highest BCUT2D eigenvalue weighted by molar-refractivity contribution is 5.62. The molecule has 92 valence electrons. The minimum Gasteiger partial charge on any atom is -0.254 e. The number of aryl methyl sites for hydroxylation is 1. The zero-order chi connectivity index (χ0) is 12.7. The van der Waals surface area contributed by atoms with Gasteiger partial charge >= 0.3 is 0 Å². The van der Waals surface area contributed by atoms with Gasteiger partial charge in [-0.2, -0.15) is 0 Å². The van der Waals surface area contributed by atoms with Crippen LogP contribution >= 0.6 is 0 Å². The van der Waals surface area contributed by atoms with Crippen molar-refractivity contribution >= 4 is 0 Å². The number of aromatic nitrogens is 2. The van der Waals surface area contributed by atoms with E-state index in [0.29, 0.717) is 11.8 Å². The van der Waals surface area contributed by atoms with E-state index in [0.717, 1.165) is 17.0 Å². The number of hydrogen-bond donors (Lipinski definition) is 0. The normalized spacial score (nSPS) is 21.9. The molecule has 0 radical (unpaired) electrons. The van der Waals surface area contributed by atoms with Gasteiger partial charge in [0.2, 0.25) is 0 Å². The largest absolute Gasteiger partial charge is 0.254 e. The van der Waals surface area contributed by atoms with Crippen LogP contribution in [0.1, 0.15) is 49.2 Å². The van der Waals surface area contributed by atoms with Crippen LogP contribution in [0.3, 0.4) is 0 Å². The maximum atomic E-state index is 4.89. The highest BCUT2D eigenvalue weighted by atomic mass is 14.9. The summed E-state index contributed by atoms with van der Waals surface area (Å²) in [4.78, 5) is 9.69. The number of nitrogens with zero attached hydrogens (tertiary/aromatic N) is 2. The summed E-state index contributed by atoms with van der Waals surface area (Å²) in [6.07, 6.45) is 1.17. The summed E-state index contributed by atoms with van der Waals surface area (Å²) < 4.78 is 0. The molecule has 2 aromatic rings. The lowest BCUT2D eigenvalue weighted by Crippen LogP contribution is -2.02. The van der Waals surface area contributed by atoms with Gasteiger partial charge in [0, 0.05) is 17.4 Å². The molecule has 1 aromatic heterocycles. The van der Waals surface area contributed by atoms with Crippen LogP contribution in [0.2, 0.25) is 0 Å². The van der Waals surface area contributed by atoms with Crippen molar-refractivity contribution in [3.8, 4) is 11.3 Å². The molecule has 1 heterocycles. The predicted molar refractivity (Wildman–Crippen MR) is 73.7 cm³/mol. The van der Waals surface area contributed by atoms with Crippen LogP contribution in [0.15, 0.2) is 30.3 Å². The van der Waals surface area contributed by atoms with E-state index in [1.807, 2.05) is 6.07 Å². The first-order valence-corrected chi connectivity index (χ1v) is 6.60. The third-order valence-corrected chi connectivity index (χ3v) is 3.81. The standard InChI is InChI=1S/C16H18N2/c1-10-9-11(2)15-14(10)17-12(3)16(18-15)13-7-5-4-6-8-13/h4-8,10-11H,9H2,1-3H3. The Balaban J connectivity index is 2.16. The molecular weight excluding hydrogens is 220 g/mol. The Labute approximate surface area is 108 Å². The quantitative estimate of drug-likeness (QED) is 0.748. The molecule has 1 aliphatic rings. The fourth-order valence-corrected chi connectivity index (χ4v) is 2.90. The van der Waals surface area contributed by atoms with E-state index in [1.54, 1.807) is 0 Å². The van der Waals surface area contributed by atoms with Gasteiger partial charge in [0.15, 0.2) is 0 Å². The molecule has 0 aliphatic heterocycles. The van der Waals surface area contributed by atoms with Crippen LogP contribution < -0.4 is 0 Å².